The smallest absolute Gasteiger partial charge is 0.332 e. The number of piperidine rings is 1. The van der Waals surface area contributed by atoms with Gasteiger partial charge in [-0.3, -0.25) is 14.5 Å². The van der Waals surface area contributed by atoms with Gasteiger partial charge in [-0.15, -0.1) is 6.58 Å². The van der Waals surface area contributed by atoms with E-state index in [0.29, 0.717) is 23.4 Å². The molecular formula is C40H50N4O6. The molecule has 1 aliphatic carbocycles. The minimum absolute atomic E-state index is 0.0961. The van der Waals surface area contributed by atoms with E-state index in [1.807, 2.05) is 54.6 Å². The van der Waals surface area contributed by atoms with Crippen molar-refractivity contribution in [3.05, 3.63) is 67.3 Å². The molecule has 0 bridgehead atoms. The number of carbonyl (C=O) groups is 3. The van der Waals surface area contributed by atoms with E-state index in [9.17, 15) is 14.4 Å². The maximum absolute atomic E-state index is 14.8. The van der Waals surface area contributed by atoms with Crippen LogP contribution in [0.15, 0.2) is 67.3 Å². The van der Waals surface area contributed by atoms with Crippen LogP contribution in [0.5, 0.6) is 11.5 Å². The molecule has 10 heteroatoms. The predicted molar refractivity (Wildman–Crippen MR) is 193 cm³/mol. The van der Waals surface area contributed by atoms with Crippen LogP contribution in [0.3, 0.4) is 0 Å². The van der Waals surface area contributed by atoms with E-state index in [2.05, 4.69) is 37.6 Å². The maximum Gasteiger partial charge on any atom is 0.332 e. The highest BCUT2D eigenvalue weighted by Gasteiger charge is 2.62. The number of esters is 1. The number of amides is 2. The van der Waals surface area contributed by atoms with Crippen molar-refractivity contribution in [2.24, 2.45) is 11.3 Å². The van der Waals surface area contributed by atoms with Crippen molar-refractivity contribution in [1.29, 1.82) is 0 Å². The van der Waals surface area contributed by atoms with E-state index in [-0.39, 0.29) is 42.7 Å². The van der Waals surface area contributed by atoms with Gasteiger partial charge in [0.25, 0.3) is 0 Å². The first-order chi connectivity index (χ1) is 24.0. The zero-order valence-corrected chi connectivity index (χ0v) is 29.9. The Balaban J connectivity index is 1.35. The molecule has 10 nitrogen and oxygen atoms in total. The molecule has 2 aromatic carbocycles. The van der Waals surface area contributed by atoms with E-state index in [0.717, 1.165) is 49.0 Å². The third-order valence-electron chi connectivity index (χ3n) is 10.3. The van der Waals surface area contributed by atoms with Gasteiger partial charge in [0, 0.05) is 35.4 Å². The average molecular weight is 683 g/mol. The van der Waals surface area contributed by atoms with Crippen LogP contribution in [0.2, 0.25) is 0 Å². The van der Waals surface area contributed by atoms with Gasteiger partial charge in [0.1, 0.15) is 29.2 Å². The van der Waals surface area contributed by atoms with Crippen LogP contribution in [0.1, 0.15) is 59.8 Å². The molecule has 3 heterocycles. The monoisotopic (exact) mass is 682 g/mol. The van der Waals surface area contributed by atoms with E-state index in [1.54, 1.807) is 25.0 Å². The fourth-order valence-corrected chi connectivity index (χ4v) is 7.68. The highest BCUT2D eigenvalue weighted by molar-refractivity contribution is 5.96. The molecule has 2 aliphatic heterocycles. The lowest BCUT2D eigenvalue weighted by molar-refractivity contribution is -0.151. The van der Waals surface area contributed by atoms with Crippen molar-refractivity contribution in [3.8, 4) is 22.8 Å². The summed E-state index contributed by atoms with van der Waals surface area (Å²) in [6.45, 7) is 13.9. The van der Waals surface area contributed by atoms with Gasteiger partial charge in [-0.05, 0) is 56.8 Å². The first-order valence-electron chi connectivity index (χ1n) is 17.9. The molecule has 266 valence electrons. The molecule has 1 N–H and O–H groups in total. The summed E-state index contributed by atoms with van der Waals surface area (Å²) in [5.74, 6) is 0.0825. The summed E-state index contributed by atoms with van der Waals surface area (Å²) >= 11 is 0. The van der Waals surface area contributed by atoms with Crippen molar-refractivity contribution >= 4 is 28.7 Å². The van der Waals surface area contributed by atoms with Gasteiger partial charge >= 0.3 is 5.97 Å². The van der Waals surface area contributed by atoms with E-state index < -0.39 is 29.7 Å². The number of hydrogen-bond acceptors (Lipinski definition) is 8. The van der Waals surface area contributed by atoms with E-state index >= 15 is 0 Å². The fraction of sp³-hybridized carbons (Fsp3) is 0.500. The number of aromatic nitrogens is 1. The minimum Gasteiger partial charge on any atom is -0.497 e. The normalized spacial score (nSPS) is 24.3. The summed E-state index contributed by atoms with van der Waals surface area (Å²) in [4.78, 5) is 51.1. The Hall–Kier alpha value is -4.44. The Bertz CT molecular complexity index is 1730. The Morgan fingerprint density at radius 3 is 2.46 bits per heavy atom. The van der Waals surface area contributed by atoms with Gasteiger partial charge < -0.3 is 24.4 Å². The number of hydrogen-bond donors (Lipinski definition) is 1. The number of benzene rings is 2. The van der Waals surface area contributed by atoms with Crippen LogP contribution >= 0.6 is 0 Å². The number of rotatable bonds is 11. The number of nitrogens with one attached hydrogen (secondary N) is 1. The Labute approximate surface area is 295 Å². The molecule has 1 aromatic heterocycles. The largest absolute Gasteiger partial charge is 0.497 e. The van der Waals surface area contributed by atoms with Gasteiger partial charge in [0.15, 0.2) is 0 Å². The first kappa shape index (κ1) is 35.4. The Morgan fingerprint density at radius 2 is 1.82 bits per heavy atom. The molecular weight excluding hydrogens is 632 g/mol. The zero-order valence-electron chi connectivity index (χ0n) is 29.9. The van der Waals surface area contributed by atoms with Gasteiger partial charge in [0.05, 0.1) is 37.5 Å². The number of nitrogens with zero attached hydrogens (tertiary/aromatic N) is 3. The SMILES string of the molecule is C=CC1CC1(NC(=O)[C@@H]1C[C@@H](Oc2cc(-c3ccccc3)nc3cc(OC)ccc23)CN1C(=O)C(N1CCCCC1)C(C)(C)C)C(=O)OCC. The second-order valence-corrected chi connectivity index (χ2v) is 14.8. The molecule has 0 spiro atoms. The quantitative estimate of drug-likeness (QED) is 0.200. The number of fused-ring (bicyclic) bond motifs is 1. The maximum atomic E-state index is 14.8. The lowest BCUT2D eigenvalue weighted by Gasteiger charge is -2.43. The molecule has 50 heavy (non-hydrogen) atoms. The third kappa shape index (κ3) is 7.08. The van der Waals surface area contributed by atoms with Crippen molar-refractivity contribution in [1.82, 2.24) is 20.1 Å². The molecule has 3 unspecified atom stereocenters. The highest BCUT2D eigenvalue weighted by Crippen LogP contribution is 2.46. The number of pyridine rings is 1. The van der Waals surface area contributed by atoms with Gasteiger partial charge in [-0.1, -0.05) is 63.6 Å². The van der Waals surface area contributed by atoms with E-state index in [1.165, 1.54) is 0 Å². The molecule has 5 atom stereocenters. The molecule has 0 radical (unpaired) electrons. The number of likely N-dealkylation sites (tertiary alicyclic amines) is 2. The summed E-state index contributed by atoms with van der Waals surface area (Å²) in [6, 6.07) is 16.2. The van der Waals surface area contributed by atoms with Gasteiger partial charge in [-0.2, -0.15) is 0 Å². The van der Waals surface area contributed by atoms with Crippen LogP contribution in [-0.4, -0.2) is 89.6 Å². The molecule has 6 rings (SSSR count). The lowest BCUT2D eigenvalue weighted by atomic mass is 9.83. The topological polar surface area (TPSA) is 110 Å². The summed E-state index contributed by atoms with van der Waals surface area (Å²) in [5.41, 5.74) is 0.821. The molecule has 1 saturated carbocycles. The van der Waals surface area contributed by atoms with Crippen LogP contribution in [0, 0.1) is 11.3 Å². The molecule has 3 aromatic rings. The van der Waals surface area contributed by atoms with Crippen LogP contribution < -0.4 is 14.8 Å². The molecule has 3 fully saturated rings. The summed E-state index contributed by atoms with van der Waals surface area (Å²) in [6.07, 6.45) is 5.06. The second-order valence-electron chi connectivity index (χ2n) is 14.8. The summed E-state index contributed by atoms with van der Waals surface area (Å²) in [5, 5.41) is 3.82. The Morgan fingerprint density at radius 1 is 1.08 bits per heavy atom. The number of ether oxygens (including phenoxy) is 3. The molecule has 2 saturated heterocycles. The lowest BCUT2D eigenvalue weighted by Crippen LogP contribution is -2.60. The highest BCUT2D eigenvalue weighted by atomic mass is 16.5. The second kappa shape index (κ2) is 14.4. The Kier molecular flexibility index (Phi) is 10.2. The first-order valence-corrected chi connectivity index (χ1v) is 17.9. The minimum atomic E-state index is -1.18. The van der Waals surface area contributed by atoms with Crippen molar-refractivity contribution < 1.29 is 28.6 Å². The van der Waals surface area contributed by atoms with E-state index in [4.69, 9.17) is 19.2 Å². The van der Waals surface area contributed by atoms with Crippen molar-refractivity contribution in [2.45, 2.75) is 83.5 Å². The van der Waals surface area contributed by atoms with Gasteiger partial charge in [-0.25, -0.2) is 9.78 Å². The molecule has 3 aliphatic rings. The number of carbonyl (C=O) groups excluding carboxylic acids is 3. The zero-order chi connectivity index (χ0) is 35.6. The summed E-state index contributed by atoms with van der Waals surface area (Å²) in [7, 11) is 1.62. The van der Waals surface area contributed by atoms with Gasteiger partial charge in [0.2, 0.25) is 11.8 Å². The van der Waals surface area contributed by atoms with Crippen molar-refractivity contribution in [2.75, 3.05) is 33.4 Å². The third-order valence-corrected chi connectivity index (χ3v) is 10.3. The summed E-state index contributed by atoms with van der Waals surface area (Å²) < 4.78 is 17.7. The standard InChI is InChI=1S/C40H50N4O6/c1-7-27-24-40(27,38(47)49-8-2)42-36(45)33-22-29(25-44(33)37(46)35(39(3,4)5)43-19-13-10-14-20-43)50-34-23-31(26-15-11-9-12-16-26)41-32-21-28(48-6)17-18-30(32)34/h7,9,11-12,15-18,21,23,27,29,33,35H,1,8,10,13-14,19-20,22,24-25H2,2-6H3,(H,42,45)/t27?,29-,33+,35?,40?/m1/s1. The predicted octanol–water partition coefficient (Wildman–Crippen LogP) is 5.78. The van der Waals surface area contributed by atoms with Crippen LogP contribution in [0.4, 0.5) is 0 Å². The van der Waals surface area contributed by atoms with Crippen molar-refractivity contribution in [3.63, 3.8) is 0 Å². The number of methoxy groups -OCH3 is 1. The fourth-order valence-electron chi connectivity index (χ4n) is 7.68. The van der Waals surface area contributed by atoms with Crippen LogP contribution in [0.25, 0.3) is 22.2 Å². The average Bonchev–Trinajstić information content (AvgIpc) is 3.66. The molecule has 2 amide bonds. The van der Waals surface area contributed by atoms with Crippen LogP contribution in [-0.2, 0) is 19.1 Å².